The smallest absolute Gasteiger partial charge is 0.169 e. The van der Waals surface area contributed by atoms with Gasteiger partial charge in [0.25, 0.3) is 0 Å². The fourth-order valence-electron chi connectivity index (χ4n) is 6.89. The molecule has 0 spiro atoms. The van der Waals surface area contributed by atoms with E-state index in [0.717, 1.165) is 38.5 Å². The molecular formula is C42H74O3. The molecule has 0 aromatic rings. The molecule has 1 saturated carbocycles. The van der Waals surface area contributed by atoms with Gasteiger partial charge in [-0.25, -0.2) is 0 Å². The molecule has 0 radical (unpaired) electrons. The lowest BCUT2D eigenvalue weighted by molar-refractivity contribution is -0.194. The van der Waals surface area contributed by atoms with Crippen LogP contribution in [-0.4, -0.2) is 29.2 Å². The molecule has 1 aliphatic carbocycles. The first-order valence-electron chi connectivity index (χ1n) is 19.8. The van der Waals surface area contributed by atoms with Crippen LogP contribution in [0.3, 0.4) is 0 Å². The average molecular weight is 627 g/mol. The molecule has 0 bridgehead atoms. The topological polar surface area (TPSA) is 38.7 Å². The van der Waals surface area contributed by atoms with Crippen molar-refractivity contribution >= 4 is 0 Å². The Morgan fingerprint density at radius 1 is 0.467 bits per heavy atom. The maximum atomic E-state index is 10.1. The van der Waals surface area contributed by atoms with Gasteiger partial charge in [-0.1, -0.05) is 140 Å². The van der Waals surface area contributed by atoms with Crippen LogP contribution < -0.4 is 0 Å². The lowest BCUT2D eigenvalue weighted by atomic mass is 9.98. The lowest BCUT2D eigenvalue weighted by Crippen LogP contribution is -2.32. The number of hydrogen-bond acceptors (Lipinski definition) is 3. The highest BCUT2D eigenvalue weighted by Gasteiger charge is 2.50. The van der Waals surface area contributed by atoms with Crippen molar-refractivity contribution in [2.45, 2.75) is 218 Å². The van der Waals surface area contributed by atoms with Crippen LogP contribution in [0.4, 0.5) is 0 Å². The van der Waals surface area contributed by atoms with Gasteiger partial charge in [0.2, 0.25) is 0 Å². The monoisotopic (exact) mass is 627 g/mol. The van der Waals surface area contributed by atoms with Gasteiger partial charge in [-0.2, -0.15) is 0 Å². The summed E-state index contributed by atoms with van der Waals surface area (Å²) in [4.78, 5) is 0. The quantitative estimate of drug-likeness (QED) is 0.0637. The first-order valence-corrected chi connectivity index (χ1v) is 19.8. The van der Waals surface area contributed by atoms with Gasteiger partial charge in [0.1, 0.15) is 0 Å². The summed E-state index contributed by atoms with van der Waals surface area (Å²) in [5.41, 5.74) is 0. The van der Waals surface area contributed by atoms with Crippen molar-refractivity contribution in [1.82, 2.24) is 0 Å². The van der Waals surface area contributed by atoms with Crippen LogP contribution in [0.25, 0.3) is 0 Å². The van der Waals surface area contributed by atoms with Crippen LogP contribution >= 0.6 is 0 Å². The second-order valence-corrected chi connectivity index (χ2v) is 14.0. The Balaban J connectivity index is 1.50. The minimum atomic E-state index is -0.389. The van der Waals surface area contributed by atoms with Crippen molar-refractivity contribution in [3.63, 3.8) is 0 Å². The van der Waals surface area contributed by atoms with Gasteiger partial charge in [-0.05, 0) is 77.0 Å². The fourth-order valence-corrected chi connectivity index (χ4v) is 6.89. The summed E-state index contributed by atoms with van der Waals surface area (Å²) in [7, 11) is 0. The van der Waals surface area contributed by atoms with Gasteiger partial charge < -0.3 is 14.6 Å². The molecule has 1 saturated heterocycles. The third-order valence-corrected chi connectivity index (χ3v) is 9.67. The molecule has 1 heterocycles. The summed E-state index contributed by atoms with van der Waals surface area (Å²) in [5.74, 6) is -0.389. The van der Waals surface area contributed by atoms with E-state index in [1.54, 1.807) is 0 Å². The summed E-state index contributed by atoms with van der Waals surface area (Å²) in [6.07, 6.45) is 52.9. The molecule has 0 amide bonds. The molecule has 45 heavy (non-hydrogen) atoms. The molecule has 2 aliphatic rings. The van der Waals surface area contributed by atoms with Crippen molar-refractivity contribution in [1.29, 1.82) is 0 Å². The van der Waals surface area contributed by atoms with Gasteiger partial charge in [-0.3, -0.25) is 0 Å². The lowest BCUT2D eigenvalue weighted by Gasteiger charge is -2.30. The summed E-state index contributed by atoms with van der Waals surface area (Å²) in [6, 6.07) is 0. The number of hydrogen-bond donors (Lipinski definition) is 1. The second-order valence-electron chi connectivity index (χ2n) is 14.0. The molecule has 1 unspecified atom stereocenters. The first kappa shape index (κ1) is 40.0. The largest absolute Gasteiger partial charge is 0.393 e. The van der Waals surface area contributed by atoms with Crippen LogP contribution in [0, 0.1) is 0 Å². The number of ether oxygens (including phenoxy) is 2. The van der Waals surface area contributed by atoms with Gasteiger partial charge in [-0.15, -0.1) is 0 Å². The van der Waals surface area contributed by atoms with E-state index in [4.69, 9.17) is 9.47 Å². The van der Waals surface area contributed by atoms with E-state index in [1.807, 2.05) is 0 Å². The average Bonchev–Trinajstić information content (AvgIpc) is 3.54. The molecule has 2 fully saturated rings. The number of aliphatic hydroxyl groups is 1. The predicted octanol–water partition coefficient (Wildman–Crippen LogP) is 13.0. The van der Waals surface area contributed by atoms with Crippen molar-refractivity contribution in [3.05, 3.63) is 48.6 Å². The van der Waals surface area contributed by atoms with Crippen molar-refractivity contribution < 1.29 is 14.6 Å². The normalized spacial score (nSPS) is 23.6. The SMILES string of the molecule is CCCCCC=CCC=CCCCCCCCCC1(CCCCCCCCC=CCC=CCCCCC)O[C@H]2CC(O)C[C@H]2O1. The van der Waals surface area contributed by atoms with Gasteiger partial charge in [0.05, 0.1) is 18.3 Å². The van der Waals surface area contributed by atoms with Crippen molar-refractivity contribution in [2.75, 3.05) is 0 Å². The molecule has 2 rings (SSSR count). The number of fused-ring (bicyclic) bond motifs is 1. The highest BCUT2D eigenvalue weighted by atomic mass is 16.8. The van der Waals surface area contributed by atoms with Crippen LogP contribution in [0.5, 0.6) is 0 Å². The summed E-state index contributed by atoms with van der Waals surface area (Å²) < 4.78 is 13.2. The number of rotatable bonds is 30. The van der Waals surface area contributed by atoms with Crippen molar-refractivity contribution in [2.24, 2.45) is 0 Å². The predicted molar refractivity (Wildman–Crippen MR) is 196 cm³/mol. The van der Waals surface area contributed by atoms with E-state index in [9.17, 15) is 5.11 Å². The standard InChI is InChI=1S/C42H74O3/c1-3-5-7-9-11-13-15-17-19-21-23-25-27-29-31-33-35-42(44-40-37-39(43)38-41(40)45-42)36-34-32-30-28-26-24-22-20-18-16-14-12-10-8-6-4-2/h11-14,17-20,39-41,43H,3-10,15-16,21-38H2,1-2H3/t39?,40-,41+,42?. The molecule has 3 heteroatoms. The molecular weight excluding hydrogens is 552 g/mol. The highest BCUT2D eigenvalue weighted by molar-refractivity contribution is 4.95. The molecule has 0 aromatic heterocycles. The Kier molecular flexibility index (Phi) is 24.8. The van der Waals surface area contributed by atoms with Crippen molar-refractivity contribution in [3.8, 4) is 0 Å². The summed E-state index contributed by atoms with van der Waals surface area (Å²) in [6.45, 7) is 4.53. The van der Waals surface area contributed by atoms with E-state index < -0.39 is 0 Å². The number of aliphatic hydroxyl groups excluding tert-OH is 1. The Hall–Kier alpha value is -1.16. The molecule has 0 aromatic carbocycles. The highest BCUT2D eigenvalue weighted by Crippen LogP contribution is 2.43. The Morgan fingerprint density at radius 3 is 1.18 bits per heavy atom. The first-order chi connectivity index (χ1) is 22.2. The van der Waals surface area contributed by atoms with Gasteiger partial charge in [0.15, 0.2) is 5.79 Å². The summed E-state index contributed by atoms with van der Waals surface area (Å²) in [5, 5.41) is 10.1. The van der Waals surface area contributed by atoms with Crippen LogP contribution in [0.15, 0.2) is 48.6 Å². The van der Waals surface area contributed by atoms with Crippen LogP contribution in [-0.2, 0) is 9.47 Å². The van der Waals surface area contributed by atoms with Crippen LogP contribution in [0.2, 0.25) is 0 Å². The minimum absolute atomic E-state index is 0.106. The second kappa shape index (κ2) is 27.9. The van der Waals surface area contributed by atoms with E-state index in [1.165, 1.54) is 141 Å². The van der Waals surface area contributed by atoms with E-state index in [-0.39, 0.29) is 24.1 Å². The Labute approximate surface area is 280 Å². The van der Waals surface area contributed by atoms with E-state index in [0.29, 0.717) is 0 Å². The van der Waals surface area contributed by atoms with E-state index >= 15 is 0 Å². The van der Waals surface area contributed by atoms with Gasteiger partial charge in [0, 0.05) is 25.7 Å². The molecule has 1 N–H and O–H groups in total. The van der Waals surface area contributed by atoms with Crippen LogP contribution in [0.1, 0.15) is 194 Å². The zero-order valence-corrected chi connectivity index (χ0v) is 29.9. The Morgan fingerprint density at radius 2 is 0.800 bits per heavy atom. The van der Waals surface area contributed by atoms with E-state index in [2.05, 4.69) is 62.5 Å². The molecule has 3 nitrogen and oxygen atoms in total. The number of unbranched alkanes of at least 4 members (excludes halogenated alkanes) is 18. The zero-order chi connectivity index (χ0) is 32.1. The van der Waals surface area contributed by atoms with Gasteiger partial charge >= 0.3 is 0 Å². The maximum Gasteiger partial charge on any atom is 0.169 e. The zero-order valence-electron chi connectivity index (χ0n) is 29.9. The third-order valence-electron chi connectivity index (χ3n) is 9.67. The third kappa shape index (κ3) is 20.6. The number of allylic oxidation sites excluding steroid dienone is 8. The minimum Gasteiger partial charge on any atom is -0.393 e. The summed E-state index contributed by atoms with van der Waals surface area (Å²) >= 11 is 0. The fraction of sp³-hybridized carbons (Fsp3) is 0.810. The maximum absolute atomic E-state index is 10.1. The Bertz CT molecular complexity index is 717. The molecule has 1 aliphatic heterocycles. The molecule has 3 atom stereocenters. The molecule has 260 valence electrons.